The van der Waals surface area contributed by atoms with E-state index in [9.17, 15) is 0 Å². The zero-order chi connectivity index (χ0) is 21.5. The maximum absolute atomic E-state index is 6.12. The Morgan fingerprint density at radius 2 is 1.71 bits per heavy atom. The van der Waals surface area contributed by atoms with E-state index in [2.05, 4.69) is 53.2 Å². The van der Waals surface area contributed by atoms with Crippen molar-refractivity contribution in [3.8, 4) is 22.3 Å². The Balaban J connectivity index is 1.75. The molecule has 0 bridgehead atoms. The van der Waals surface area contributed by atoms with Gasteiger partial charge in [0, 0.05) is 34.1 Å². The van der Waals surface area contributed by atoms with E-state index in [1.54, 1.807) is 0 Å². The molecule has 0 saturated carbocycles. The van der Waals surface area contributed by atoms with Crippen LogP contribution < -0.4 is 0 Å². The Morgan fingerprint density at radius 1 is 0.968 bits per heavy atom. The van der Waals surface area contributed by atoms with Crippen LogP contribution in [0.1, 0.15) is 30.0 Å². The Morgan fingerprint density at radius 3 is 2.39 bits per heavy atom. The molecule has 0 aliphatic carbocycles. The van der Waals surface area contributed by atoms with Gasteiger partial charge in [0.15, 0.2) is 0 Å². The lowest BCUT2D eigenvalue weighted by molar-refractivity contribution is 0.393. The van der Waals surface area contributed by atoms with Crippen molar-refractivity contribution in [1.29, 1.82) is 0 Å². The van der Waals surface area contributed by atoms with Crippen molar-refractivity contribution in [3.05, 3.63) is 95.1 Å². The highest BCUT2D eigenvalue weighted by Crippen LogP contribution is 2.36. The van der Waals surface area contributed by atoms with E-state index < -0.39 is 0 Å². The zero-order valence-electron chi connectivity index (χ0n) is 17.6. The summed E-state index contributed by atoms with van der Waals surface area (Å²) in [5.41, 5.74) is 8.31. The van der Waals surface area contributed by atoms with Crippen LogP contribution in [0.2, 0.25) is 5.02 Å². The van der Waals surface area contributed by atoms with Crippen molar-refractivity contribution < 1.29 is 4.52 Å². The van der Waals surface area contributed by atoms with E-state index in [-0.39, 0.29) is 6.04 Å². The largest absolute Gasteiger partial charge is 0.361 e. The topological polar surface area (TPSA) is 43.9 Å². The summed E-state index contributed by atoms with van der Waals surface area (Å²) < 4.78 is 7.69. The number of aryl methyl sites for hydroxylation is 2. The van der Waals surface area contributed by atoms with Gasteiger partial charge in [-0.25, -0.2) is 0 Å². The van der Waals surface area contributed by atoms with Gasteiger partial charge in [-0.2, -0.15) is 0 Å². The van der Waals surface area contributed by atoms with Crippen molar-refractivity contribution in [2.45, 2.75) is 26.8 Å². The maximum Gasteiger partial charge on any atom is 0.141 e. The van der Waals surface area contributed by atoms with Crippen molar-refractivity contribution in [3.63, 3.8) is 0 Å². The van der Waals surface area contributed by atoms with Gasteiger partial charge < -0.3 is 9.09 Å². The van der Waals surface area contributed by atoms with Crippen LogP contribution in [0.3, 0.4) is 0 Å². The molecule has 0 N–H and O–H groups in total. The highest BCUT2D eigenvalue weighted by Gasteiger charge is 2.19. The smallest absolute Gasteiger partial charge is 0.141 e. The normalized spacial score (nSPS) is 12.4. The second-order valence-corrected chi connectivity index (χ2v) is 8.27. The second-order valence-electron chi connectivity index (χ2n) is 7.83. The van der Waals surface area contributed by atoms with E-state index in [1.807, 2.05) is 50.4 Å². The number of aromatic nitrogens is 3. The van der Waals surface area contributed by atoms with Crippen molar-refractivity contribution in [2.75, 3.05) is 0 Å². The first kappa shape index (κ1) is 19.6. The minimum absolute atomic E-state index is 0.145. The lowest BCUT2D eigenvalue weighted by Crippen LogP contribution is -2.05. The van der Waals surface area contributed by atoms with Gasteiger partial charge in [0.2, 0.25) is 0 Å². The third-order valence-corrected chi connectivity index (χ3v) is 6.10. The number of rotatable bonds is 4. The molecule has 0 saturated heterocycles. The Kier molecular flexibility index (Phi) is 4.87. The summed E-state index contributed by atoms with van der Waals surface area (Å²) in [5.74, 6) is 0.797. The summed E-state index contributed by atoms with van der Waals surface area (Å²) in [6.45, 7) is 6.11. The molecule has 0 fully saturated rings. The Labute approximate surface area is 186 Å². The lowest BCUT2D eigenvalue weighted by atomic mass is 10.0. The number of halogens is 1. The molecular weight excluding hydrogens is 406 g/mol. The molecule has 1 unspecified atom stereocenters. The minimum atomic E-state index is 0.145. The van der Waals surface area contributed by atoms with Crippen LogP contribution >= 0.6 is 11.6 Å². The number of pyridine rings is 1. The summed E-state index contributed by atoms with van der Waals surface area (Å²) in [5, 5.41) is 4.84. The van der Waals surface area contributed by atoms with Crippen molar-refractivity contribution in [2.24, 2.45) is 0 Å². The molecule has 0 amide bonds. The quantitative estimate of drug-likeness (QED) is 0.303. The molecule has 3 heterocycles. The van der Waals surface area contributed by atoms with Gasteiger partial charge >= 0.3 is 0 Å². The molecule has 154 valence electrons. The maximum atomic E-state index is 6.12. The van der Waals surface area contributed by atoms with E-state index in [1.165, 1.54) is 5.56 Å². The van der Waals surface area contributed by atoms with Crippen LogP contribution in [0.4, 0.5) is 0 Å². The Hall–Kier alpha value is -3.37. The fraction of sp³-hybridized carbons (Fsp3) is 0.154. The van der Waals surface area contributed by atoms with Gasteiger partial charge in [0.1, 0.15) is 5.76 Å². The van der Waals surface area contributed by atoms with E-state index in [4.69, 9.17) is 21.1 Å². The molecule has 0 aliphatic heterocycles. The molecular formula is C26H22ClN3O. The number of hydrogen-bond donors (Lipinski definition) is 0. The van der Waals surface area contributed by atoms with Gasteiger partial charge in [-0.3, -0.25) is 4.98 Å². The number of fused-ring (bicyclic) bond motifs is 1. The zero-order valence-corrected chi connectivity index (χ0v) is 18.4. The predicted octanol–water partition coefficient (Wildman–Crippen LogP) is 7.24. The monoisotopic (exact) mass is 427 g/mol. The summed E-state index contributed by atoms with van der Waals surface area (Å²) in [6.07, 6.45) is 4.10. The molecule has 2 aromatic carbocycles. The highest BCUT2D eigenvalue weighted by atomic mass is 35.5. The molecule has 4 nitrogen and oxygen atoms in total. The van der Waals surface area contributed by atoms with E-state index in [0.29, 0.717) is 0 Å². The molecule has 0 radical (unpaired) electrons. The third-order valence-electron chi connectivity index (χ3n) is 5.85. The molecule has 31 heavy (non-hydrogen) atoms. The summed E-state index contributed by atoms with van der Waals surface area (Å²) in [4.78, 5) is 4.89. The molecule has 1 atom stereocenters. The number of benzene rings is 2. The number of nitrogens with zero attached hydrogens (tertiary/aromatic N) is 3. The van der Waals surface area contributed by atoms with Crippen LogP contribution in [0.15, 0.2) is 77.6 Å². The van der Waals surface area contributed by atoms with Gasteiger partial charge in [0.25, 0.3) is 0 Å². The van der Waals surface area contributed by atoms with Crippen molar-refractivity contribution >= 4 is 22.6 Å². The lowest BCUT2D eigenvalue weighted by Gasteiger charge is -2.16. The fourth-order valence-electron chi connectivity index (χ4n) is 4.21. The summed E-state index contributed by atoms with van der Waals surface area (Å²) >= 11 is 6.12. The molecule has 0 spiro atoms. The van der Waals surface area contributed by atoms with Gasteiger partial charge in [-0.05, 0) is 50.1 Å². The first-order chi connectivity index (χ1) is 15.0. The average molecular weight is 428 g/mol. The van der Waals surface area contributed by atoms with Crippen LogP contribution in [0.5, 0.6) is 0 Å². The predicted molar refractivity (Wildman–Crippen MR) is 125 cm³/mol. The molecule has 5 rings (SSSR count). The van der Waals surface area contributed by atoms with E-state index >= 15 is 0 Å². The van der Waals surface area contributed by atoms with Crippen LogP contribution in [-0.2, 0) is 0 Å². The van der Waals surface area contributed by atoms with Crippen LogP contribution in [-0.4, -0.2) is 14.7 Å². The van der Waals surface area contributed by atoms with Gasteiger partial charge in [0.05, 0.1) is 22.8 Å². The molecule has 3 aromatic heterocycles. The van der Waals surface area contributed by atoms with Gasteiger partial charge in [-0.1, -0.05) is 59.2 Å². The van der Waals surface area contributed by atoms with Gasteiger partial charge in [-0.15, -0.1) is 0 Å². The molecule has 0 aliphatic rings. The minimum Gasteiger partial charge on any atom is -0.361 e. The molecule has 5 heteroatoms. The summed E-state index contributed by atoms with van der Waals surface area (Å²) in [6, 6.07) is 20.7. The highest BCUT2D eigenvalue weighted by molar-refractivity contribution is 6.30. The van der Waals surface area contributed by atoms with E-state index in [0.717, 1.165) is 49.8 Å². The first-order valence-corrected chi connectivity index (χ1v) is 10.7. The summed E-state index contributed by atoms with van der Waals surface area (Å²) in [7, 11) is 0. The van der Waals surface area contributed by atoms with Crippen LogP contribution in [0.25, 0.3) is 33.3 Å². The second kappa shape index (κ2) is 7.71. The van der Waals surface area contributed by atoms with Crippen LogP contribution in [0, 0.1) is 13.8 Å². The Bertz CT molecular complexity index is 1350. The molecule has 5 aromatic rings. The fourth-order valence-corrected chi connectivity index (χ4v) is 4.34. The number of hydrogen-bond acceptors (Lipinski definition) is 3. The standard InChI is InChI=1S/C26H22ClN3O/c1-16-25(18(3)31-29-16)21-13-24-26(28-14-21)23(20-9-11-22(27)12-10-20)15-30(24)17(2)19-7-5-4-6-8-19/h4-15,17H,1-3H3. The van der Waals surface area contributed by atoms with Crippen molar-refractivity contribution in [1.82, 2.24) is 14.7 Å². The SMILES string of the molecule is Cc1noc(C)c1-c1cnc2c(-c3ccc(Cl)cc3)cn(C(C)c3ccccc3)c2c1. The third kappa shape index (κ3) is 3.43. The average Bonchev–Trinajstić information content (AvgIpc) is 3.33. The first-order valence-electron chi connectivity index (χ1n) is 10.3.